The summed E-state index contributed by atoms with van der Waals surface area (Å²) in [5.41, 5.74) is 0. The molecule has 5 saturated heterocycles. The first-order chi connectivity index (χ1) is 30.8. The summed E-state index contributed by atoms with van der Waals surface area (Å²) in [4.78, 5) is 17.9. The van der Waals surface area contributed by atoms with Gasteiger partial charge < -0.3 is 9.64 Å². The van der Waals surface area contributed by atoms with E-state index in [9.17, 15) is 4.79 Å². The summed E-state index contributed by atoms with van der Waals surface area (Å²) in [6.45, 7) is 3.28. The predicted octanol–water partition coefficient (Wildman–Crippen LogP) is 7.21. The molecule has 5 aliphatic heterocycles. The molecule has 9 aliphatic rings. The molecule has 1 aromatic heterocycles. The molecule has 1 amide bonds. The fraction of sp³-hybridized carbons (Fsp3) is 0.787. The molecule has 4 saturated carbocycles. The Bertz CT molecular complexity index is 1610. The van der Waals surface area contributed by atoms with Gasteiger partial charge >= 0.3 is 6.03 Å². The number of carbonyl (C=O) groups is 1. The van der Waals surface area contributed by atoms with Crippen LogP contribution in [0.2, 0.25) is 15.1 Å². The molecule has 0 spiro atoms. The lowest BCUT2D eigenvalue weighted by Crippen LogP contribution is -2.61. The van der Waals surface area contributed by atoms with Gasteiger partial charge in [0.05, 0.1) is 65.9 Å². The number of aromatic nitrogens is 2. The molecule has 8 N–H and O–H groups in total. The molecule has 6 heterocycles. The number of amides is 1. The Morgan fingerprint density at radius 1 is 0.587 bits per heavy atom. The van der Waals surface area contributed by atoms with Crippen LogP contribution in [-0.4, -0.2) is 89.5 Å². The quantitative estimate of drug-likeness (QED) is 0.149. The van der Waals surface area contributed by atoms with Gasteiger partial charge in [0.25, 0.3) is 0 Å². The van der Waals surface area contributed by atoms with E-state index in [1.165, 1.54) is 114 Å². The van der Waals surface area contributed by atoms with E-state index in [0.717, 1.165) is 53.8 Å². The Morgan fingerprint density at radius 2 is 0.921 bits per heavy atom. The number of imidazole rings is 1. The van der Waals surface area contributed by atoms with Crippen LogP contribution in [0.3, 0.4) is 0 Å². The van der Waals surface area contributed by atoms with E-state index in [-0.39, 0.29) is 12.6 Å². The second-order valence-corrected chi connectivity index (χ2v) is 21.6. The van der Waals surface area contributed by atoms with Gasteiger partial charge in [0, 0.05) is 24.0 Å². The fourth-order valence-electron chi connectivity index (χ4n) is 14.0. The lowest BCUT2D eigenvalue weighted by atomic mass is 9.76. The number of halogens is 3. The summed E-state index contributed by atoms with van der Waals surface area (Å²) in [7, 11) is 0. The van der Waals surface area contributed by atoms with Crippen molar-refractivity contribution < 1.29 is 9.53 Å². The molecule has 16 heteroatoms. The summed E-state index contributed by atoms with van der Waals surface area (Å²) in [6.07, 6.45) is 31.1. The van der Waals surface area contributed by atoms with E-state index in [1.54, 1.807) is 29.4 Å². The number of rotatable bonds is 6. The summed E-state index contributed by atoms with van der Waals surface area (Å²) >= 11 is 18.0. The molecule has 9 fully saturated rings. The van der Waals surface area contributed by atoms with Gasteiger partial charge in [-0.3, -0.25) is 47.1 Å². The number of ether oxygens (including phenoxy) is 1. The van der Waals surface area contributed by atoms with Gasteiger partial charge in [-0.2, -0.15) is 0 Å². The second-order valence-electron chi connectivity index (χ2n) is 20.4. The maximum absolute atomic E-state index is 12.3. The van der Waals surface area contributed by atoms with Crippen molar-refractivity contribution in [2.24, 2.45) is 47.3 Å². The van der Waals surface area contributed by atoms with Crippen molar-refractivity contribution in [2.75, 3.05) is 19.7 Å². The van der Waals surface area contributed by atoms with Crippen molar-refractivity contribution >= 4 is 40.8 Å². The average Bonchev–Trinajstić information content (AvgIpc) is 4.14. The monoisotopic (exact) mass is 927 g/mol. The van der Waals surface area contributed by atoms with Gasteiger partial charge in [0.15, 0.2) is 5.75 Å². The van der Waals surface area contributed by atoms with Crippen LogP contribution in [0.1, 0.15) is 116 Å². The fourth-order valence-corrected chi connectivity index (χ4v) is 14.9. The van der Waals surface area contributed by atoms with E-state index >= 15 is 0 Å². The van der Waals surface area contributed by atoms with Crippen molar-refractivity contribution in [2.45, 2.75) is 165 Å². The van der Waals surface area contributed by atoms with Crippen molar-refractivity contribution in [1.82, 2.24) is 57.0 Å². The van der Waals surface area contributed by atoms with E-state index in [1.807, 2.05) is 6.92 Å². The Morgan fingerprint density at radius 3 is 1.21 bits per heavy atom. The molecule has 348 valence electrons. The number of nitrogens with one attached hydrogen (secondary N) is 8. The predicted molar refractivity (Wildman–Crippen MR) is 249 cm³/mol. The highest BCUT2D eigenvalue weighted by Crippen LogP contribution is 2.46. The normalized spacial score (nSPS) is 40.4. The maximum Gasteiger partial charge on any atom is 0.329 e. The maximum atomic E-state index is 12.3. The van der Waals surface area contributed by atoms with E-state index in [0.29, 0.717) is 83.2 Å². The van der Waals surface area contributed by atoms with Gasteiger partial charge in [0.2, 0.25) is 0 Å². The molecular formula is C47H72Cl3N11O2. The van der Waals surface area contributed by atoms with Gasteiger partial charge in [-0.05, 0) is 117 Å². The zero-order valence-corrected chi connectivity index (χ0v) is 39.3. The van der Waals surface area contributed by atoms with E-state index in [2.05, 4.69) is 47.5 Å². The van der Waals surface area contributed by atoms with Crippen molar-refractivity contribution in [3.05, 3.63) is 45.9 Å². The first-order valence-electron chi connectivity index (χ1n) is 25.0. The number of fused-ring (bicyclic) bond motifs is 20. The van der Waals surface area contributed by atoms with Crippen molar-refractivity contribution in [3.8, 4) is 5.75 Å². The molecule has 1 aromatic carbocycles. The Labute approximate surface area is 389 Å². The third-order valence-corrected chi connectivity index (χ3v) is 17.6. The largest absolute Gasteiger partial charge is 0.489 e. The minimum atomic E-state index is -0.152. The first-order valence-corrected chi connectivity index (χ1v) is 26.1. The molecule has 8 bridgehead atoms. The molecule has 11 rings (SSSR count). The number of nitrogens with zero attached hydrogens (tertiary/aromatic N) is 3. The van der Waals surface area contributed by atoms with Crippen molar-refractivity contribution in [1.29, 1.82) is 0 Å². The Kier molecular flexibility index (Phi) is 14.5. The molecule has 63 heavy (non-hydrogen) atoms. The van der Waals surface area contributed by atoms with Gasteiger partial charge in [-0.1, -0.05) is 93.1 Å². The molecular weight excluding hydrogens is 857 g/mol. The van der Waals surface area contributed by atoms with Gasteiger partial charge in [-0.25, -0.2) is 9.78 Å². The molecule has 4 aliphatic carbocycles. The zero-order chi connectivity index (χ0) is 43.0. The molecule has 2 aromatic rings. The number of carbonyl (C=O) groups excluding carboxylic acids is 1. The van der Waals surface area contributed by atoms with Crippen LogP contribution in [0.15, 0.2) is 30.9 Å². The zero-order valence-electron chi connectivity index (χ0n) is 37.1. The number of hydrogen-bond donors (Lipinski definition) is 8. The topological polar surface area (TPSA) is 144 Å². The van der Waals surface area contributed by atoms with Crippen LogP contribution in [0.4, 0.5) is 4.79 Å². The molecule has 8 atom stereocenters. The van der Waals surface area contributed by atoms with Crippen LogP contribution in [0.25, 0.3) is 0 Å². The average molecular weight is 930 g/mol. The van der Waals surface area contributed by atoms with Crippen molar-refractivity contribution in [3.63, 3.8) is 0 Å². The molecule has 0 radical (unpaired) electrons. The molecule has 13 nitrogen and oxygen atoms in total. The smallest absolute Gasteiger partial charge is 0.329 e. The molecule has 8 unspecified atom stereocenters. The third kappa shape index (κ3) is 9.56. The van der Waals surface area contributed by atoms with Crippen LogP contribution in [0.5, 0.6) is 5.75 Å². The van der Waals surface area contributed by atoms with Crippen LogP contribution in [-0.2, 0) is 0 Å². The second kappa shape index (κ2) is 20.2. The number of hydrogen-bond acceptors (Lipinski definition) is 11. The lowest BCUT2D eigenvalue weighted by Gasteiger charge is -2.35. The van der Waals surface area contributed by atoms with Crippen LogP contribution in [0, 0.1) is 47.3 Å². The van der Waals surface area contributed by atoms with E-state index in [4.69, 9.17) is 39.5 Å². The summed E-state index contributed by atoms with van der Waals surface area (Å²) in [5, 5.41) is 34.9. The third-order valence-electron chi connectivity index (χ3n) is 16.9. The Balaban J connectivity index is 0.000000176. The number of benzene rings is 1. The lowest BCUT2D eigenvalue weighted by molar-refractivity contribution is 0.167. The Hall–Kier alpha value is -1.75. The summed E-state index contributed by atoms with van der Waals surface area (Å²) < 4.78 is 7.05. The van der Waals surface area contributed by atoms with Gasteiger partial charge in [0.1, 0.15) is 12.9 Å². The highest BCUT2D eigenvalue weighted by atomic mass is 35.5. The summed E-state index contributed by atoms with van der Waals surface area (Å²) in [6, 6.07) is 2.97. The summed E-state index contributed by atoms with van der Waals surface area (Å²) in [5.74, 6) is 6.33. The SMILES string of the molecule is C1CCC2C3NC(NC4NC(NC5NC(NC6NC(N3)C3CCCCC63)C3CCCCC53)C3CCCCC43)C2C1.CCCN(CCOc1c(Cl)cc(Cl)cc1Cl)C(=O)n1ccnc1. The van der Waals surface area contributed by atoms with Gasteiger partial charge in [-0.15, -0.1) is 0 Å². The first kappa shape index (κ1) is 45.1. The minimum absolute atomic E-state index is 0.152. The minimum Gasteiger partial charge on any atom is -0.489 e. The highest BCUT2D eigenvalue weighted by Gasteiger charge is 2.54. The van der Waals surface area contributed by atoms with Crippen LogP contribution < -0.4 is 47.3 Å². The van der Waals surface area contributed by atoms with Crippen LogP contribution >= 0.6 is 34.8 Å². The highest BCUT2D eigenvalue weighted by molar-refractivity contribution is 6.40. The van der Waals surface area contributed by atoms with E-state index < -0.39 is 0 Å². The standard InChI is InChI=1S/C32H56N8.C15H16Cl3N3O2/c1-2-10-18-17(9-1)25-33-26(18)38-28-21-13-5-6-14-22(21)30(35-28)40-32-24-16-8-7-15-23(24)31(36-32)39-29-20-12-4-3-11-19(20)27(34-29)37-25;1-2-4-20(15(22)21-5-3-19-10-21)6-7-23-14-12(17)8-11(16)9-13(14)18/h17-40H,1-16H2;3,5,8-10H,2,4,6-7H2,1H3.